The Hall–Kier alpha value is -7.59. The molecule has 12 atom stereocenters. The summed E-state index contributed by atoms with van der Waals surface area (Å²) in [4.78, 5) is 163. The second-order valence-electron chi connectivity index (χ2n) is 21.4. The molecule has 1 heterocycles. The maximum atomic E-state index is 14.3. The van der Waals surface area contributed by atoms with Crippen molar-refractivity contribution in [2.45, 2.75) is 196 Å². The maximum absolute atomic E-state index is 14.3. The lowest BCUT2D eigenvalue weighted by atomic mass is 10.0. The molecule has 32 nitrogen and oxygen atoms in total. The van der Waals surface area contributed by atoms with E-state index in [1.54, 1.807) is 24.3 Å². The number of carboxylic acid groups (broad SMARTS) is 2. The van der Waals surface area contributed by atoms with E-state index in [1.165, 1.54) is 19.8 Å². The second-order valence-corrected chi connectivity index (χ2v) is 21.7. The molecule has 0 aromatic heterocycles. The fraction of sp³-hybridized carbons (Fsp3) is 0.649. The molecule has 21 N–H and O–H groups in total. The normalized spacial score (nSPS) is 23.5. The summed E-state index contributed by atoms with van der Waals surface area (Å²) in [5.74, 6) is -17.4. The lowest BCUT2D eigenvalue weighted by Gasteiger charge is -2.28. The zero-order chi connectivity index (χ0) is 67.5. The lowest BCUT2D eigenvalue weighted by molar-refractivity contribution is -0.155. The number of benzene rings is 1. The number of allylic oxidation sites excluding steroid dienone is 1. The number of nitrogens with one attached hydrogen (secondary N) is 9. The number of nitrogens with two attached hydrogens (primary N) is 3. The van der Waals surface area contributed by atoms with Crippen molar-refractivity contribution in [3.05, 3.63) is 41.6 Å². The van der Waals surface area contributed by atoms with E-state index in [0.717, 1.165) is 50.7 Å². The minimum absolute atomic E-state index is 0.000748. The van der Waals surface area contributed by atoms with E-state index >= 15 is 0 Å². The number of alkyl halides is 1. The number of cyclic esters (lactones) is 1. The number of carbonyl (C=O) groups excluding carboxylic acids is 10. The number of carboxylic acids is 2. The Morgan fingerprint density at radius 2 is 1.26 bits per heavy atom. The van der Waals surface area contributed by atoms with Crippen LogP contribution >= 0.6 is 11.6 Å². The van der Waals surface area contributed by atoms with Crippen LogP contribution in [-0.2, 0) is 68.7 Å². The topological polar surface area (TPSA) is 531 Å². The number of unbranched alkanes of at least 4 members (excludes halogenated alkanes) is 7. The van der Waals surface area contributed by atoms with Gasteiger partial charge in [0.15, 0.2) is 12.1 Å². The van der Waals surface area contributed by atoms with Crippen LogP contribution in [0.25, 0.3) is 0 Å². The first kappa shape index (κ1) is 78.5. The van der Waals surface area contributed by atoms with Gasteiger partial charge >= 0.3 is 17.9 Å². The molecule has 0 saturated carbocycles. The summed E-state index contributed by atoms with van der Waals surface area (Å²) in [7, 11) is 0. The summed E-state index contributed by atoms with van der Waals surface area (Å²) in [5.41, 5.74) is 17.2. The molecule has 90 heavy (non-hydrogen) atoms. The van der Waals surface area contributed by atoms with Crippen molar-refractivity contribution in [3.8, 4) is 5.75 Å². The first-order valence-corrected chi connectivity index (χ1v) is 30.4. The number of aliphatic carboxylic acids is 2. The van der Waals surface area contributed by atoms with Gasteiger partial charge in [-0.2, -0.15) is 0 Å². The van der Waals surface area contributed by atoms with Crippen molar-refractivity contribution < 1.29 is 97.6 Å². The summed E-state index contributed by atoms with van der Waals surface area (Å²) in [6.45, 7) is 3.07. The quantitative estimate of drug-likeness (QED) is 0.0150. The fourth-order valence-electron chi connectivity index (χ4n) is 8.91. The van der Waals surface area contributed by atoms with Gasteiger partial charge in [0.1, 0.15) is 60.3 Å². The molecule has 1 saturated heterocycles. The molecule has 2 unspecified atom stereocenters. The molecule has 0 bridgehead atoms. The number of rotatable bonds is 30. The van der Waals surface area contributed by atoms with E-state index < -0.39 is 181 Å². The monoisotopic (exact) mass is 1300 g/mol. The predicted molar refractivity (Wildman–Crippen MR) is 322 cm³/mol. The van der Waals surface area contributed by atoms with Crippen LogP contribution in [0.5, 0.6) is 5.75 Å². The first-order chi connectivity index (χ1) is 42.7. The number of carbonyl (C=O) groups is 12. The number of amides is 9. The summed E-state index contributed by atoms with van der Waals surface area (Å²) < 4.78 is 11.2. The third kappa shape index (κ3) is 28.5. The Labute approximate surface area is 526 Å². The number of esters is 1. The minimum atomic E-state index is -2.85. The maximum Gasteiger partial charge on any atom is 0.335 e. The smallest absolute Gasteiger partial charge is 0.335 e. The van der Waals surface area contributed by atoms with Crippen LogP contribution in [0.3, 0.4) is 0 Å². The van der Waals surface area contributed by atoms with Crippen LogP contribution in [0.4, 0.5) is 0 Å². The van der Waals surface area contributed by atoms with Gasteiger partial charge in [0.25, 0.3) is 5.91 Å². The van der Waals surface area contributed by atoms with Crippen molar-refractivity contribution in [2.75, 3.05) is 38.7 Å². The Balaban J connectivity index is 2.72. The molecule has 9 amide bonds. The second kappa shape index (κ2) is 42.4. The number of ether oxygens (including phenoxy) is 2. The highest BCUT2D eigenvalue weighted by molar-refractivity contribution is 6.18. The average Bonchev–Trinajstić information content (AvgIpc) is 1.39. The van der Waals surface area contributed by atoms with E-state index in [-0.39, 0.29) is 58.2 Å². The van der Waals surface area contributed by atoms with E-state index in [4.69, 9.17) is 38.3 Å². The number of hydrogen-bond acceptors (Lipinski definition) is 21. The Kier molecular flexibility index (Phi) is 37.0. The molecule has 506 valence electrons. The Morgan fingerprint density at radius 1 is 0.689 bits per heavy atom. The van der Waals surface area contributed by atoms with Gasteiger partial charge in [0.2, 0.25) is 47.3 Å². The molecule has 1 fully saturated rings. The fourth-order valence-corrected chi connectivity index (χ4v) is 9.09. The van der Waals surface area contributed by atoms with Crippen molar-refractivity contribution in [1.29, 1.82) is 0 Å². The first-order valence-electron chi connectivity index (χ1n) is 29.9. The molecule has 0 spiro atoms. The van der Waals surface area contributed by atoms with Crippen LogP contribution in [0, 0.1) is 0 Å². The van der Waals surface area contributed by atoms with Gasteiger partial charge in [-0.15, -0.1) is 11.6 Å². The van der Waals surface area contributed by atoms with Crippen molar-refractivity contribution in [3.63, 3.8) is 0 Å². The molecule has 0 radical (unpaired) electrons. The molecular weight excluding hydrogens is 1210 g/mol. The molecule has 2 rings (SSSR count). The molecular formula is C57H91ClN12O20. The highest BCUT2D eigenvalue weighted by atomic mass is 35.5. The largest absolute Gasteiger partial charge is 0.494 e. The van der Waals surface area contributed by atoms with Crippen molar-refractivity contribution >= 4 is 82.7 Å². The van der Waals surface area contributed by atoms with E-state index in [0.29, 0.717) is 12.4 Å². The minimum Gasteiger partial charge on any atom is -0.494 e. The van der Waals surface area contributed by atoms with Gasteiger partial charge in [0.05, 0.1) is 43.6 Å². The van der Waals surface area contributed by atoms with Crippen LogP contribution in [-0.4, -0.2) is 213 Å². The summed E-state index contributed by atoms with van der Waals surface area (Å²) >= 11 is 5.88. The third-order valence-electron chi connectivity index (χ3n) is 14.0. The number of hydrogen-bond donors (Lipinski definition) is 18. The molecule has 1 aliphatic rings. The van der Waals surface area contributed by atoms with E-state index in [2.05, 4.69) is 44.1 Å². The van der Waals surface area contributed by atoms with Gasteiger partial charge in [0, 0.05) is 0 Å². The number of halogens is 1. The highest BCUT2D eigenvalue weighted by Crippen LogP contribution is 2.18. The highest BCUT2D eigenvalue weighted by Gasteiger charge is 2.41. The molecule has 1 aliphatic heterocycles. The molecule has 33 heteroatoms. The molecule has 1 aromatic carbocycles. The van der Waals surface area contributed by atoms with Crippen LogP contribution in [0.1, 0.15) is 123 Å². The number of aliphatic hydroxyl groups is 4. The SMILES string of the molecule is C/C=C1/NC(=O)[C@H]([C@H](C)O)NC(=O)[C@H](CCN)NC(=O)[C@H](CCCCN)NC(=O)[C@H](CC(=O)O)NC(=O)[C@@H](CCN)NC(=O)[C@@H](NC(=O)CC(O)CCc2cccc(OCCCCCCCCC)c2)COC(=O)[C@H]([C@H](O)CCl)NC(=O)[C@H](C(O)C(=O)O)NC1=O. The zero-order valence-corrected chi connectivity index (χ0v) is 51.6. The third-order valence-corrected chi connectivity index (χ3v) is 14.3. The van der Waals surface area contributed by atoms with Crippen LogP contribution in [0.15, 0.2) is 36.0 Å². The summed E-state index contributed by atoms with van der Waals surface area (Å²) in [6.07, 6.45) is -1.69. The van der Waals surface area contributed by atoms with Crippen LogP contribution in [0.2, 0.25) is 0 Å². The average molecular weight is 1300 g/mol. The van der Waals surface area contributed by atoms with Gasteiger partial charge in [-0.25, -0.2) is 9.59 Å². The Morgan fingerprint density at radius 3 is 1.82 bits per heavy atom. The van der Waals surface area contributed by atoms with Gasteiger partial charge in [-0.1, -0.05) is 63.7 Å². The lowest BCUT2D eigenvalue weighted by Crippen LogP contribution is -2.62. The predicted octanol–water partition coefficient (Wildman–Crippen LogP) is -4.32. The van der Waals surface area contributed by atoms with Gasteiger partial charge in [-0.05, 0) is 103 Å². The van der Waals surface area contributed by atoms with Gasteiger partial charge in [-0.3, -0.25) is 47.9 Å². The van der Waals surface area contributed by atoms with E-state index in [9.17, 15) is 88.2 Å². The molecule has 1 aromatic rings. The van der Waals surface area contributed by atoms with Crippen LogP contribution < -0.4 is 69.8 Å². The number of aliphatic hydroxyl groups excluding tert-OH is 4. The zero-order valence-electron chi connectivity index (χ0n) is 50.9. The standard InChI is InChI=1S/C57H91ClN12O20/c1-4-6-7-8-9-10-13-25-89-34-16-14-15-32(26-34)18-19-33(72)27-42(74)62-40-30-90-57(88)45(41(73)29-58)69-55(85)46(47(77)56(86)87)70-48(78)35(5-2)63-54(84)44(31(3)71)68-51(81)38(21-24-61)65-49(79)36(17-11-12-22-59)64-52(82)39(28-43(75)76)67-50(80)37(20-23-60)66-53(40)83/h5,14-16,26,31,33,36-41,44-47,71-73,77H,4,6-13,17-25,27-30,59-61H2,1-3H3,(H,62,74)(H,63,84)(H,64,82)(H,65,79)(H,66,83)(H,67,80)(H,68,81)(H,69,85)(H,70,78)(H,75,76)(H,86,87)/b35-5+/t31-,33?,36-,37+,38-,39-,40-,41+,44-,45-,46-,47?/m0/s1. The van der Waals surface area contributed by atoms with Crippen molar-refractivity contribution in [2.24, 2.45) is 17.2 Å². The van der Waals surface area contributed by atoms with E-state index in [1.807, 2.05) is 10.6 Å². The Bertz CT molecular complexity index is 2580. The summed E-state index contributed by atoms with van der Waals surface area (Å²) in [6, 6.07) is -8.87. The summed E-state index contributed by atoms with van der Waals surface area (Å²) in [5, 5.41) is 82.7. The molecule has 0 aliphatic carbocycles. The number of aryl methyl sites for hydroxylation is 1. The van der Waals surface area contributed by atoms with Gasteiger partial charge < -0.3 is 105 Å². The van der Waals surface area contributed by atoms with Crippen molar-refractivity contribution in [1.82, 2.24) is 47.9 Å².